The molecule has 2 atom stereocenters. The lowest BCUT2D eigenvalue weighted by Gasteiger charge is -2.35. The van der Waals surface area contributed by atoms with E-state index >= 15 is 0 Å². The minimum atomic E-state index is -0.243. The van der Waals surface area contributed by atoms with Crippen LogP contribution in [0.3, 0.4) is 0 Å². The monoisotopic (exact) mass is 328 g/mol. The van der Waals surface area contributed by atoms with Gasteiger partial charge in [-0.25, -0.2) is 4.39 Å². The van der Waals surface area contributed by atoms with Gasteiger partial charge in [0.2, 0.25) is 0 Å². The molecule has 0 bridgehead atoms. The molecule has 1 saturated carbocycles. The van der Waals surface area contributed by atoms with Crippen molar-refractivity contribution in [3.8, 4) is 0 Å². The fraction of sp³-hybridized carbons (Fsp3) is 0.600. The Morgan fingerprint density at radius 3 is 2.63 bits per heavy atom. The second-order valence-corrected chi connectivity index (χ2v) is 7.41. The van der Waals surface area contributed by atoms with Gasteiger partial charge in [-0.05, 0) is 58.3 Å². The molecule has 1 aromatic carbocycles. The van der Waals surface area contributed by atoms with E-state index in [0.717, 1.165) is 18.5 Å². The molecular weight excluding hydrogens is 307 g/mol. The Morgan fingerprint density at radius 1 is 1.47 bits per heavy atom. The van der Waals surface area contributed by atoms with E-state index in [2.05, 4.69) is 42.0 Å². The van der Waals surface area contributed by atoms with Crippen molar-refractivity contribution in [3.05, 3.63) is 28.5 Å². The molecule has 3 N–H and O–H groups in total. The molecule has 19 heavy (non-hydrogen) atoms. The summed E-state index contributed by atoms with van der Waals surface area (Å²) in [5, 5.41) is 3.56. The molecule has 0 saturated heterocycles. The van der Waals surface area contributed by atoms with E-state index in [4.69, 9.17) is 5.73 Å². The average molecular weight is 329 g/mol. The van der Waals surface area contributed by atoms with Gasteiger partial charge in [0.15, 0.2) is 0 Å². The van der Waals surface area contributed by atoms with Gasteiger partial charge in [0.05, 0.1) is 10.0 Å². The van der Waals surface area contributed by atoms with Crippen LogP contribution >= 0.6 is 15.9 Å². The summed E-state index contributed by atoms with van der Waals surface area (Å²) in [5.41, 5.74) is 7.17. The van der Waals surface area contributed by atoms with Crippen LogP contribution in [0.15, 0.2) is 22.7 Å². The zero-order chi connectivity index (χ0) is 14.3. The molecule has 0 aliphatic heterocycles. The van der Waals surface area contributed by atoms with Crippen LogP contribution in [0.2, 0.25) is 0 Å². The van der Waals surface area contributed by atoms with E-state index in [1.165, 1.54) is 6.07 Å². The third-order valence-corrected chi connectivity index (χ3v) is 4.88. The van der Waals surface area contributed by atoms with Crippen molar-refractivity contribution >= 4 is 21.6 Å². The Morgan fingerprint density at radius 2 is 2.16 bits per heavy atom. The molecule has 0 heterocycles. The normalized spacial score (nSPS) is 29.5. The van der Waals surface area contributed by atoms with Crippen molar-refractivity contribution in [3.63, 3.8) is 0 Å². The van der Waals surface area contributed by atoms with E-state index in [0.29, 0.717) is 22.4 Å². The Balaban J connectivity index is 2.26. The van der Waals surface area contributed by atoms with Crippen molar-refractivity contribution in [2.24, 2.45) is 17.1 Å². The molecule has 106 valence electrons. The maximum absolute atomic E-state index is 13.3. The van der Waals surface area contributed by atoms with Crippen LogP contribution in [0.5, 0.6) is 0 Å². The number of nitrogens with one attached hydrogen (secondary N) is 1. The van der Waals surface area contributed by atoms with Crippen LogP contribution in [0.4, 0.5) is 10.1 Å². The van der Waals surface area contributed by atoms with E-state index in [-0.39, 0.29) is 11.4 Å². The van der Waals surface area contributed by atoms with Crippen molar-refractivity contribution < 1.29 is 4.39 Å². The van der Waals surface area contributed by atoms with E-state index < -0.39 is 0 Å². The van der Waals surface area contributed by atoms with Crippen LogP contribution in [0, 0.1) is 17.2 Å². The lowest BCUT2D eigenvalue weighted by Crippen LogP contribution is -2.48. The Kier molecular flexibility index (Phi) is 3.94. The highest BCUT2D eigenvalue weighted by atomic mass is 79.9. The van der Waals surface area contributed by atoms with Crippen LogP contribution in [-0.2, 0) is 0 Å². The average Bonchev–Trinajstić information content (AvgIpc) is 2.54. The first kappa shape index (κ1) is 14.8. The summed E-state index contributed by atoms with van der Waals surface area (Å²) < 4.78 is 13.8. The number of rotatable bonds is 3. The summed E-state index contributed by atoms with van der Waals surface area (Å²) in [6, 6.07) is 5.03. The highest BCUT2D eigenvalue weighted by molar-refractivity contribution is 9.10. The molecule has 4 heteroatoms. The van der Waals surface area contributed by atoms with Crippen molar-refractivity contribution in [2.45, 2.75) is 39.2 Å². The molecule has 0 spiro atoms. The number of anilines is 1. The van der Waals surface area contributed by atoms with Crippen LogP contribution in [-0.4, -0.2) is 12.1 Å². The topological polar surface area (TPSA) is 38.0 Å². The lowest BCUT2D eigenvalue weighted by atomic mass is 9.86. The van der Waals surface area contributed by atoms with Gasteiger partial charge >= 0.3 is 0 Å². The summed E-state index contributed by atoms with van der Waals surface area (Å²) in [6.07, 6.45) is 2.19. The van der Waals surface area contributed by atoms with Gasteiger partial charge in [0, 0.05) is 12.2 Å². The van der Waals surface area contributed by atoms with E-state index in [9.17, 15) is 4.39 Å². The van der Waals surface area contributed by atoms with E-state index in [1.807, 2.05) is 0 Å². The zero-order valence-electron chi connectivity index (χ0n) is 11.8. The fourth-order valence-corrected chi connectivity index (χ4v) is 3.86. The third-order valence-electron chi connectivity index (χ3n) is 4.27. The molecule has 0 amide bonds. The van der Waals surface area contributed by atoms with E-state index in [1.54, 1.807) is 12.1 Å². The van der Waals surface area contributed by atoms with Gasteiger partial charge in [-0.15, -0.1) is 0 Å². The zero-order valence-corrected chi connectivity index (χ0v) is 13.3. The second-order valence-electron chi connectivity index (χ2n) is 6.56. The molecule has 1 aliphatic rings. The highest BCUT2D eigenvalue weighted by Crippen LogP contribution is 2.48. The standard InChI is InChI=1S/C15H22BrFN2/c1-10-7-14(2,3)8-15(10,9-18)19-11-4-5-13(17)12(16)6-11/h4-6,10,19H,7-9,18H2,1-3H3. The molecule has 1 fully saturated rings. The Labute approximate surface area is 123 Å². The van der Waals surface area contributed by atoms with Gasteiger partial charge in [-0.2, -0.15) is 0 Å². The molecule has 2 rings (SSSR count). The van der Waals surface area contributed by atoms with Crippen molar-refractivity contribution in [1.82, 2.24) is 0 Å². The smallest absolute Gasteiger partial charge is 0.137 e. The number of hydrogen-bond donors (Lipinski definition) is 2. The fourth-order valence-electron chi connectivity index (χ4n) is 3.48. The Hall–Kier alpha value is -0.610. The van der Waals surface area contributed by atoms with Gasteiger partial charge < -0.3 is 11.1 Å². The molecule has 0 aromatic heterocycles. The molecular formula is C15H22BrFN2. The number of hydrogen-bond acceptors (Lipinski definition) is 2. The first-order valence-corrected chi connectivity index (χ1v) is 7.51. The first-order valence-electron chi connectivity index (χ1n) is 6.71. The SMILES string of the molecule is CC1CC(C)(C)CC1(CN)Nc1ccc(F)c(Br)c1. The minimum absolute atomic E-state index is 0.0965. The summed E-state index contributed by atoms with van der Waals surface area (Å²) in [7, 11) is 0. The largest absolute Gasteiger partial charge is 0.378 e. The minimum Gasteiger partial charge on any atom is -0.378 e. The highest BCUT2D eigenvalue weighted by Gasteiger charge is 2.47. The molecule has 1 aromatic rings. The Bertz CT molecular complexity index is 475. The van der Waals surface area contributed by atoms with Crippen molar-refractivity contribution in [1.29, 1.82) is 0 Å². The molecule has 1 aliphatic carbocycles. The van der Waals surface area contributed by atoms with Crippen LogP contribution in [0.25, 0.3) is 0 Å². The summed E-state index contributed by atoms with van der Waals surface area (Å²) in [6.45, 7) is 7.39. The maximum Gasteiger partial charge on any atom is 0.137 e. The van der Waals surface area contributed by atoms with Gasteiger partial charge in [0.25, 0.3) is 0 Å². The van der Waals surface area contributed by atoms with Gasteiger partial charge in [-0.1, -0.05) is 20.8 Å². The predicted molar refractivity (Wildman–Crippen MR) is 81.7 cm³/mol. The number of halogens is 2. The maximum atomic E-state index is 13.3. The van der Waals surface area contributed by atoms with Gasteiger partial charge in [-0.3, -0.25) is 0 Å². The van der Waals surface area contributed by atoms with Crippen LogP contribution in [0.1, 0.15) is 33.6 Å². The molecule has 0 radical (unpaired) electrons. The van der Waals surface area contributed by atoms with Crippen LogP contribution < -0.4 is 11.1 Å². The van der Waals surface area contributed by atoms with Gasteiger partial charge in [0.1, 0.15) is 5.82 Å². The first-order chi connectivity index (χ1) is 8.78. The van der Waals surface area contributed by atoms with Crippen molar-refractivity contribution in [2.75, 3.05) is 11.9 Å². The third kappa shape index (κ3) is 2.95. The second kappa shape index (κ2) is 5.06. The lowest BCUT2D eigenvalue weighted by molar-refractivity contribution is 0.350. The predicted octanol–water partition coefficient (Wildman–Crippen LogP) is 4.15. The summed E-state index contributed by atoms with van der Waals surface area (Å²) >= 11 is 3.23. The summed E-state index contributed by atoms with van der Waals surface area (Å²) in [4.78, 5) is 0. The molecule has 2 unspecified atom stereocenters. The quantitative estimate of drug-likeness (QED) is 0.874. The number of benzene rings is 1. The number of nitrogens with two attached hydrogens (primary N) is 1. The molecule has 2 nitrogen and oxygen atoms in total. The summed E-state index contributed by atoms with van der Waals surface area (Å²) in [5.74, 6) is 0.253.